The van der Waals surface area contributed by atoms with E-state index in [-0.39, 0.29) is 23.6 Å². The second-order valence-electron chi connectivity index (χ2n) is 3.07. The molecule has 0 saturated carbocycles. The number of hydrogen-bond donors (Lipinski definition) is 2. The number of nitrogen functional groups attached to an aromatic ring is 1. The van der Waals surface area contributed by atoms with Crippen molar-refractivity contribution in [3.8, 4) is 5.75 Å². The number of nitro groups is 1. The molecule has 7 heteroatoms. The second-order valence-corrected chi connectivity index (χ2v) is 3.07. The molecule has 0 aromatic heterocycles. The molecule has 7 nitrogen and oxygen atoms in total. The molecule has 0 bridgehead atoms. The summed E-state index contributed by atoms with van der Waals surface area (Å²) in [6, 6.07) is 1.99. The highest BCUT2D eigenvalue weighted by molar-refractivity contribution is 5.93. The van der Waals surface area contributed by atoms with Gasteiger partial charge < -0.3 is 15.6 Å². The molecular weight excluding hydrogens is 228 g/mol. The summed E-state index contributed by atoms with van der Waals surface area (Å²) in [5.74, 6) is -1.35. The van der Waals surface area contributed by atoms with Gasteiger partial charge in [0.25, 0.3) is 5.69 Å². The molecular formula is C10H10N2O5. The van der Waals surface area contributed by atoms with Gasteiger partial charge in [-0.15, -0.1) is 0 Å². The Labute approximate surface area is 96.3 Å². The van der Waals surface area contributed by atoms with Gasteiger partial charge in [-0.2, -0.15) is 0 Å². The van der Waals surface area contributed by atoms with E-state index < -0.39 is 16.6 Å². The molecule has 0 amide bonds. The summed E-state index contributed by atoms with van der Waals surface area (Å²) < 4.78 is 5.06. The Hall–Kier alpha value is -2.57. The van der Waals surface area contributed by atoms with E-state index >= 15 is 0 Å². The van der Waals surface area contributed by atoms with Crippen LogP contribution in [0.3, 0.4) is 0 Å². The Morgan fingerprint density at radius 2 is 2.29 bits per heavy atom. The maximum Gasteiger partial charge on any atom is 0.339 e. The predicted octanol–water partition coefficient (Wildman–Crippen LogP) is 1.44. The van der Waals surface area contributed by atoms with Crippen LogP contribution in [-0.2, 0) is 0 Å². The summed E-state index contributed by atoms with van der Waals surface area (Å²) >= 11 is 0. The topological polar surface area (TPSA) is 116 Å². The third-order valence-electron chi connectivity index (χ3n) is 1.91. The highest BCUT2D eigenvalue weighted by Crippen LogP contribution is 2.30. The van der Waals surface area contributed by atoms with Crippen molar-refractivity contribution < 1.29 is 19.6 Å². The number of nitrogens with zero attached hydrogens (tertiary/aromatic N) is 1. The fourth-order valence-corrected chi connectivity index (χ4v) is 1.18. The maximum atomic E-state index is 10.9. The fraction of sp³-hybridized carbons (Fsp3) is 0.100. The lowest BCUT2D eigenvalue weighted by molar-refractivity contribution is -0.383. The molecule has 0 aliphatic carbocycles. The van der Waals surface area contributed by atoms with Crippen LogP contribution in [0.15, 0.2) is 24.8 Å². The van der Waals surface area contributed by atoms with Crippen molar-refractivity contribution in [2.45, 2.75) is 0 Å². The van der Waals surface area contributed by atoms with Crippen LogP contribution in [0, 0.1) is 10.1 Å². The van der Waals surface area contributed by atoms with Crippen molar-refractivity contribution in [2.75, 3.05) is 12.3 Å². The van der Waals surface area contributed by atoms with Crippen molar-refractivity contribution >= 4 is 17.3 Å². The van der Waals surface area contributed by atoms with Gasteiger partial charge in [0, 0.05) is 12.1 Å². The smallest absolute Gasteiger partial charge is 0.339 e. The molecule has 1 aromatic carbocycles. The van der Waals surface area contributed by atoms with Gasteiger partial charge >= 0.3 is 5.97 Å². The molecule has 0 saturated heterocycles. The molecule has 17 heavy (non-hydrogen) atoms. The largest absolute Gasteiger partial charge is 0.489 e. The minimum atomic E-state index is -1.33. The Bertz CT molecular complexity index is 484. The molecule has 0 atom stereocenters. The Morgan fingerprint density at radius 1 is 1.65 bits per heavy atom. The summed E-state index contributed by atoms with van der Waals surface area (Å²) in [5, 5.41) is 19.5. The summed E-state index contributed by atoms with van der Waals surface area (Å²) in [4.78, 5) is 20.7. The molecule has 1 aromatic rings. The number of benzene rings is 1. The van der Waals surface area contributed by atoms with Gasteiger partial charge in [-0.1, -0.05) is 12.7 Å². The normalized spacial score (nSPS) is 9.65. The van der Waals surface area contributed by atoms with E-state index in [1.807, 2.05) is 0 Å². The third kappa shape index (κ3) is 2.71. The Kier molecular flexibility index (Phi) is 3.66. The van der Waals surface area contributed by atoms with E-state index in [1.54, 1.807) is 0 Å². The van der Waals surface area contributed by atoms with Gasteiger partial charge in [-0.3, -0.25) is 10.1 Å². The summed E-state index contributed by atoms with van der Waals surface area (Å²) in [6.45, 7) is 3.49. The van der Waals surface area contributed by atoms with Gasteiger partial charge in [0.05, 0.1) is 4.92 Å². The van der Waals surface area contributed by atoms with Crippen molar-refractivity contribution in [3.05, 3.63) is 40.5 Å². The maximum absolute atomic E-state index is 10.9. The van der Waals surface area contributed by atoms with Gasteiger partial charge in [-0.25, -0.2) is 4.79 Å². The van der Waals surface area contributed by atoms with Crippen molar-refractivity contribution in [1.29, 1.82) is 0 Å². The molecule has 0 unspecified atom stereocenters. The van der Waals surface area contributed by atoms with Gasteiger partial charge in [0.1, 0.15) is 23.6 Å². The number of nitrogens with two attached hydrogens (primary N) is 1. The van der Waals surface area contributed by atoms with Crippen LogP contribution in [0.1, 0.15) is 10.4 Å². The minimum Gasteiger partial charge on any atom is -0.489 e. The zero-order valence-electron chi connectivity index (χ0n) is 8.75. The van der Waals surface area contributed by atoms with Gasteiger partial charge in [0.15, 0.2) is 0 Å². The molecule has 1 rings (SSSR count). The van der Waals surface area contributed by atoms with E-state index in [0.29, 0.717) is 0 Å². The molecule has 0 radical (unpaired) electrons. The quantitative estimate of drug-likeness (QED) is 0.347. The van der Waals surface area contributed by atoms with E-state index in [1.165, 1.54) is 6.08 Å². The number of aromatic carboxylic acids is 1. The highest BCUT2D eigenvalue weighted by Gasteiger charge is 2.20. The summed E-state index contributed by atoms with van der Waals surface area (Å²) in [5.41, 5.74) is 4.49. The standard InChI is InChI=1S/C10H10N2O5/c1-2-3-17-9-5-7(11)8(12(15)16)4-6(9)10(13)14/h2,4-5H,1,3,11H2,(H,13,14). The SMILES string of the molecule is C=CCOc1cc(N)c([N+](=O)[O-])cc1C(=O)O. The Balaban J connectivity index is 3.30. The first-order valence-electron chi connectivity index (χ1n) is 4.52. The molecule has 90 valence electrons. The minimum absolute atomic E-state index is 0.0273. The van der Waals surface area contributed by atoms with Crippen molar-refractivity contribution in [3.63, 3.8) is 0 Å². The second kappa shape index (κ2) is 4.97. The average molecular weight is 238 g/mol. The predicted molar refractivity (Wildman–Crippen MR) is 60.2 cm³/mol. The van der Waals surface area contributed by atoms with Crippen LogP contribution in [0.25, 0.3) is 0 Å². The lowest BCUT2D eigenvalue weighted by Gasteiger charge is -2.08. The molecule has 0 aliphatic rings. The molecule has 0 aliphatic heterocycles. The lowest BCUT2D eigenvalue weighted by Crippen LogP contribution is -2.06. The number of ether oxygens (including phenoxy) is 1. The number of carboxylic acids is 1. The number of hydrogen-bond acceptors (Lipinski definition) is 5. The fourth-order valence-electron chi connectivity index (χ4n) is 1.18. The van der Waals surface area contributed by atoms with Crippen LogP contribution in [0.5, 0.6) is 5.75 Å². The van der Waals surface area contributed by atoms with Crippen LogP contribution < -0.4 is 10.5 Å². The monoisotopic (exact) mass is 238 g/mol. The first-order valence-corrected chi connectivity index (χ1v) is 4.52. The van der Waals surface area contributed by atoms with E-state index in [2.05, 4.69) is 6.58 Å². The van der Waals surface area contributed by atoms with Gasteiger partial charge in [-0.05, 0) is 0 Å². The lowest BCUT2D eigenvalue weighted by atomic mass is 10.1. The molecule has 3 N–H and O–H groups in total. The first-order chi connectivity index (χ1) is 7.97. The van der Waals surface area contributed by atoms with Gasteiger partial charge in [0.2, 0.25) is 0 Å². The number of nitro benzene ring substituents is 1. The van der Waals surface area contributed by atoms with E-state index in [4.69, 9.17) is 15.6 Å². The van der Waals surface area contributed by atoms with Crippen LogP contribution >= 0.6 is 0 Å². The van der Waals surface area contributed by atoms with Crippen LogP contribution in [-0.4, -0.2) is 22.6 Å². The average Bonchev–Trinajstić information content (AvgIpc) is 2.25. The van der Waals surface area contributed by atoms with E-state index in [0.717, 1.165) is 12.1 Å². The van der Waals surface area contributed by atoms with Crippen molar-refractivity contribution in [1.82, 2.24) is 0 Å². The number of anilines is 1. The number of carboxylic acid groups (broad SMARTS) is 1. The zero-order chi connectivity index (χ0) is 13.0. The van der Waals surface area contributed by atoms with E-state index in [9.17, 15) is 14.9 Å². The van der Waals surface area contributed by atoms with Crippen molar-refractivity contribution in [2.24, 2.45) is 0 Å². The molecule has 0 spiro atoms. The summed E-state index contributed by atoms with van der Waals surface area (Å²) in [7, 11) is 0. The molecule has 0 heterocycles. The third-order valence-corrected chi connectivity index (χ3v) is 1.91. The number of rotatable bonds is 5. The molecule has 0 fully saturated rings. The highest BCUT2D eigenvalue weighted by atomic mass is 16.6. The Morgan fingerprint density at radius 3 is 2.76 bits per heavy atom. The van der Waals surface area contributed by atoms with Crippen LogP contribution in [0.4, 0.5) is 11.4 Å². The zero-order valence-corrected chi connectivity index (χ0v) is 8.75. The number of carbonyl (C=O) groups is 1. The summed E-state index contributed by atoms with van der Waals surface area (Å²) in [6.07, 6.45) is 1.42. The van der Waals surface area contributed by atoms with Crippen LogP contribution in [0.2, 0.25) is 0 Å². The first kappa shape index (κ1) is 12.5.